The fraction of sp³-hybridized carbons (Fsp3) is 0.440. The van der Waals surface area contributed by atoms with Crippen molar-refractivity contribution in [3.05, 3.63) is 64.6 Å². The second-order valence-electron chi connectivity index (χ2n) is 8.97. The van der Waals surface area contributed by atoms with Gasteiger partial charge in [0.05, 0.1) is 10.4 Å². The Morgan fingerprint density at radius 2 is 1.74 bits per heavy atom. The number of carbonyl (C=O) groups excluding carboxylic acids is 1. The van der Waals surface area contributed by atoms with E-state index in [9.17, 15) is 18.0 Å². The number of nitrogens with zero attached hydrogens (tertiary/aromatic N) is 1. The summed E-state index contributed by atoms with van der Waals surface area (Å²) in [4.78, 5) is 25.0. The maximum absolute atomic E-state index is 13.3. The Morgan fingerprint density at radius 1 is 1.06 bits per heavy atom. The van der Waals surface area contributed by atoms with Crippen molar-refractivity contribution < 1.29 is 17.6 Å². The average Bonchev–Trinajstić information content (AvgIpc) is 3.08. The molecule has 0 saturated heterocycles. The van der Waals surface area contributed by atoms with Gasteiger partial charge in [-0.25, -0.2) is 13.2 Å². The van der Waals surface area contributed by atoms with Crippen molar-refractivity contribution in [2.24, 2.45) is 7.05 Å². The highest BCUT2D eigenvalue weighted by Gasteiger charge is 2.28. The van der Waals surface area contributed by atoms with E-state index in [2.05, 4.69) is 10.0 Å². The predicted octanol–water partition coefficient (Wildman–Crippen LogP) is 3.25. The van der Waals surface area contributed by atoms with Crippen LogP contribution in [0, 0.1) is 0 Å². The van der Waals surface area contributed by atoms with Crippen LogP contribution in [-0.2, 0) is 28.3 Å². The zero-order chi connectivity index (χ0) is 24.1. The topological polar surface area (TPSA) is 110 Å². The number of aryl methyl sites for hydroxylation is 1. The summed E-state index contributed by atoms with van der Waals surface area (Å²) in [5, 5.41) is 3.09. The summed E-state index contributed by atoms with van der Waals surface area (Å²) in [5.74, 6) is -0.900. The zero-order valence-electron chi connectivity index (χ0n) is 19.3. The molecule has 1 atom stereocenters. The van der Waals surface area contributed by atoms with Gasteiger partial charge in [-0.15, -0.1) is 0 Å². The predicted molar refractivity (Wildman–Crippen MR) is 130 cm³/mol. The lowest BCUT2D eigenvalue weighted by Crippen LogP contribution is -2.50. The van der Waals surface area contributed by atoms with Gasteiger partial charge in [-0.1, -0.05) is 62.4 Å². The van der Waals surface area contributed by atoms with Crippen molar-refractivity contribution in [3.63, 3.8) is 0 Å². The molecule has 34 heavy (non-hydrogen) atoms. The summed E-state index contributed by atoms with van der Waals surface area (Å²) >= 11 is 0. The molecule has 0 radical (unpaired) electrons. The Hall–Kier alpha value is -2.91. The van der Waals surface area contributed by atoms with Crippen LogP contribution in [0.3, 0.4) is 0 Å². The lowest BCUT2D eigenvalue weighted by Gasteiger charge is -2.25. The first kappa shape index (κ1) is 24.2. The van der Waals surface area contributed by atoms with Crippen molar-refractivity contribution in [3.8, 4) is 0 Å². The first-order chi connectivity index (χ1) is 16.3. The van der Waals surface area contributed by atoms with Crippen LogP contribution < -0.4 is 15.8 Å². The third kappa shape index (κ3) is 5.77. The maximum Gasteiger partial charge on any atom is 0.419 e. The van der Waals surface area contributed by atoms with Crippen LogP contribution in [0.25, 0.3) is 11.1 Å². The molecule has 1 aliphatic carbocycles. The first-order valence-electron chi connectivity index (χ1n) is 11.8. The Bertz CT molecular complexity index is 1290. The standard InChI is InChI=1S/C25H31N3O5S/c1-28-22-15-14-20(17-23(22)33-25(28)30)34(31,32)27-21(16-18-10-6-5-7-11-18)24(29)26-19-12-8-3-2-4-9-13-19/h5-7,10-11,14-15,17,19,21,27H,2-4,8-9,12-13,16H2,1H3,(H,26,29). The molecule has 182 valence electrons. The summed E-state index contributed by atoms with van der Waals surface area (Å²) in [6.45, 7) is 0. The molecule has 9 heteroatoms. The maximum atomic E-state index is 13.3. The van der Waals surface area contributed by atoms with Crippen molar-refractivity contribution in [2.45, 2.75) is 68.3 Å². The third-order valence-electron chi connectivity index (χ3n) is 6.42. The molecule has 1 aliphatic rings. The molecule has 2 N–H and O–H groups in total. The Morgan fingerprint density at radius 3 is 2.44 bits per heavy atom. The quantitative estimate of drug-likeness (QED) is 0.534. The zero-order valence-corrected chi connectivity index (χ0v) is 20.1. The minimum Gasteiger partial charge on any atom is -0.408 e. The Balaban J connectivity index is 1.57. The van der Waals surface area contributed by atoms with Crippen molar-refractivity contribution >= 4 is 27.0 Å². The molecule has 0 spiro atoms. The van der Waals surface area contributed by atoms with Crippen LogP contribution in [-0.4, -0.2) is 31.0 Å². The molecule has 1 unspecified atom stereocenters. The summed E-state index contributed by atoms with van der Waals surface area (Å²) in [6, 6.07) is 12.6. The molecule has 1 heterocycles. The monoisotopic (exact) mass is 485 g/mol. The van der Waals surface area contributed by atoms with Gasteiger partial charge in [0.15, 0.2) is 5.58 Å². The van der Waals surface area contributed by atoms with Gasteiger partial charge in [0.2, 0.25) is 15.9 Å². The Kier molecular flexibility index (Phi) is 7.53. The summed E-state index contributed by atoms with van der Waals surface area (Å²) in [5.41, 5.74) is 1.52. The SMILES string of the molecule is Cn1c(=O)oc2cc(S(=O)(=O)NC(Cc3ccccc3)C(=O)NC3CCCCCCC3)ccc21. The molecule has 1 saturated carbocycles. The van der Waals surface area contributed by atoms with E-state index in [4.69, 9.17) is 4.42 Å². The smallest absolute Gasteiger partial charge is 0.408 e. The number of hydrogen-bond acceptors (Lipinski definition) is 5. The summed E-state index contributed by atoms with van der Waals surface area (Å²) in [7, 11) is -2.50. The van der Waals surface area contributed by atoms with Gasteiger partial charge in [0.25, 0.3) is 0 Å². The number of carbonyl (C=O) groups is 1. The molecule has 0 bridgehead atoms. The van der Waals surface area contributed by atoms with E-state index in [-0.39, 0.29) is 28.8 Å². The van der Waals surface area contributed by atoms with Crippen LogP contribution >= 0.6 is 0 Å². The number of hydrogen-bond donors (Lipinski definition) is 2. The highest BCUT2D eigenvalue weighted by Crippen LogP contribution is 2.20. The van der Waals surface area contributed by atoms with Gasteiger partial charge < -0.3 is 9.73 Å². The first-order valence-corrected chi connectivity index (χ1v) is 13.3. The molecule has 8 nitrogen and oxygen atoms in total. The van der Waals surface area contributed by atoms with Gasteiger partial charge in [-0.2, -0.15) is 4.72 Å². The van der Waals surface area contributed by atoms with Crippen LogP contribution in [0.1, 0.15) is 50.5 Å². The van der Waals surface area contributed by atoms with Gasteiger partial charge in [-0.3, -0.25) is 9.36 Å². The Labute approximate surface area is 199 Å². The second-order valence-corrected chi connectivity index (χ2v) is 10.7. The molecule has 0 aliphatic heterocycles. The highest BCUT2D eigenvalue weighted by atomic mass is 32.2. The van der Waals surface area contributed by atoms with E-state index in [1.165, 1.54) is 29.2 Å². The lowest BCUT2D eigenvalue weighted by molar-refractivity contribution is -0.123. The van der Waals surface area contributed by atoms with Gasteiger partial charge in [-0.05, 0) is 37.0 Å². The number of rotatable bonds is 7. The summed E-state index contributed by atoms with van der Waals surface area (Å²) < 4.78 is 35.5. The fourth-order valence-corrected chi connectivity index (χ4v) is 5.69. The lowest BCUT2D eigenvalue weighted by atomic mass is 9.96. The number of oxazole rings is 1. The number of amides is 1. The second kappa shape index (κ2) is 10.6. The third-order valence-corrected chi connectivity index (χ3v) is 7.89. The molecular formula is C25H31N3O5S. The van der Waals surface area contributed by atoms with Crippen molar-refractivity contribution in [1.29, 1.82) is 0 Å². The molecule has 2 aromatic carbocycles. The van der Waals surface area contributed by atoms with Crippen LogP contribution in [0.15, 0.2) is 62.6 Å². The minimum atomic E-state index is -4.06. The number of benzene rings is 2. The molecule has 1 amide bonds. The van der Waals surface area contributed by atoms with E-state index >= 15 is 0 Å². The van der Waals surface area contributed by atoms with Crippen LogP contribution in [0.2, 0.25) is 0 Å². The number of nitrogens with one attached hydrogen (secondary N) is 2. The number of fused-ring (bicyclic) bond motifs is 1. The van der Waals surface area contributed by atoms with E-state index in [0.717, 1.165) is 44.1 Å². The fourth-order valence-electron chi connectivity index (χ4n) is 4.48. The van der Waals surface area contributed by atoms with Crippen LogP contribution in [0.4, 0.5) is 0 Å². The number of aromatic nitrogens is 1. The van der Waals surface area contributed by atoms with E-state index in [1.54, 1.807) is 7.05 Å². The van der Waals surface area contributed by atoms with Crippen molar-refractivity contribution in [1.82, 2.24) is 14.6 Å². The van der Waals surface area contributed by atoms with Crippen molar-refractivity contribution in [2.75, 3.05) is 0 Å². The average molecular weight is 486 g/mol. The minimum absolute atomic E-state index is 0.0468. The van der Waals surface area contributed by atoms with Crippen LogP contribution in [0.5, 0.6) is 0 Å². The summed E-state index contributed by atoms with van der Waals surface area (Å²) in [6.07, 6.45) is 7.69. The highest BCUT2D eigenvalue weighted by molar-refractivity contribution is 7.89. The number of sulfonamides is 1. The van der Waals surface area contributed by atoms with Gasteiger partial charge >= 0.3 is 5.76 Å². The van der Waals surface area contributed by atoms with E-state index in [0.29, 0.717) is 5.52 Å². The van der Waals surface area contributed by atoms with E-state index in [1.807, 2.05) is 30.3 Å². The molecule has 4 rings (SSSR count). The van der Waals surface area contributed by atoms with Gasteiger partial charge in [0, 0.05) is 19.2 Å². The van der Waals surface area contributed by atoms with E-state index < -0.39 is 21.8 Å². The largest absolute Gasteiger partial charge is 0.419 e. The molecular weight excluding hydrogens is 454 g/mol. The molecule has 1 fully saturated rings. The molecule has 1 aromatic heterocycles. The van der Waals surface area contributed by atoms with Gasteiger partial charge in [0.1, 0.15) is 6.04 Å². The molecule has 3 aromatic rings. The normalized spacial score (nSPS) is 16.6.